The fraction of sp³-hybridized carbons (Fsp3) is 0.812. The van der Waals surface area contributed by atoms with Crippen LogP contribution in [-0.2, 0) is 9.68 Å². The van der Waals surface area contributed by atoms with Gasteiger partial charge in [0.15, 0.2) is 0 Å². The summed E-state index contributed by atoms with van der Waals surface area (Å²) in [6.07, 6.45) is 3.99. The zero-order chi connectivity index (χ0) is 14.2. The normalized spacial score (nSPS) is 40.6. The third-order valence-electron chi connectivity index (χ3n) is 5.62. The Bertz CT molecular complexity index is 363. The zero-order valence-electron chi connectivity index (χ0n) is 12.3. The number of hydrogen-bond acceptors (Lipinski definition) is 3. The number of carbonyl (C=O) groups excluding carboxylic acids is 1. The third-order valence-corrected chi connectivity index (χ3v) is 5.62. The minimum atomic E-state index is -0.284. The van der Waals surface area contributed by atoms with Crippen molar-refractivity contribution in [2.24, 2.45) is 29.6 Å². The van der Waals surface area contributed by atoms with Crippen LogP contribution in [0.1, 0.15) is 46.5 Å². The van der Waals surface area contributed by atoms with Crippen LogP contribution in [0.3, 0.4) is 0 Å². The van der Waals surface area contributed by atoms with Gasteiger partial charge in [0.1, 0.15) is 11.9 Å². The van der Waals surface area contributed by atoms with E-state index in [4.69, 9.17) is 4.89 Å². The van der Waals surface area contributed by atoms with Gasteiger partial charge in [0.05, 0.1) is 0 Å². The van der Waals surface area contributed by atoms with Gasteiger partial charge in [-0.05, 0) is 55.4 Å². The molecule has 0 aromatic heterocycles. The summed E-state index contributed by atoms with van der Waals surface area (Å²) in [7, 11) is 0. The van der Waals surface area contributed by atoms with Crippen molar-refractivity contribution in [1.82, 2.24) is 0 Å². The molecule has 108 valence electrons. The van der Waals surface area contributed by atoms with E-state index >= 15 is 0 Å². The van der Waals surface area contributed by atoms with Gasteiger partial charge >= 0.3 is 0 Å². The molecule has 0 saturated heterocycles. The predicted octanol–water partition coefficient (Wildman–Crippen LogP) is 3.70. The van der Waals surface area contributed by atoms with Gasteiger partial charge in [-0.2, -0.15) is 0 Å². The van der Waals surface area contributed by atoms with E-state index in [0.717, 1.165) is 24.8 Å². The lowest BCUT2D eigenvalue weighted by Crippen LogP contribution is -2.48. The second-order valence-electron chi connectivity index (χ2n) is 6.58. The zero-order valence-corrected chi connectivity index (χ0v) is 12.3. The first-order chi connectivity index (χ1) is 8.97. The van der Waals surface area contributed by atoms with Crippen LogP contribution < -0.4 is 0 Å². The standard InChI is InChI=1S/C16H26O3/c1-9-5-8-14(11(3)12(4)17)15-13(9)7-6-10(2)16(15)19-18/h9,11,13-16,18H,2,5-8H2,1,3-4H3/t9-,11+,13+,14+,15+,16?/m1/s1. The fourth-order valence-corrected chi connectivity index (χ4v) is 4.28. The molecule has 0 bridgehead atoms. The van der Waals surface area contributed by atoms with Crippen LogP contribution in [0.5, 0.6) is 0 Å². The van der Waals surface area contributed by atoms with E-state index in [0.29, 0.717) is 17.8 Å². The summed E-state index contributed by atoms with van der Waals surface area (Å²) in [4.78, 5) is 16.5. The van der Waals surface area contributed by atoms with Crippen molar-refractivity contribution in [3.05, 3.63) is 12.2 Å². The SMILES string of the molecule is C=C1CC[C@@H]2[C@H](C1OO)[C@H]([C@@H](C)C(C)=O)CC[C@H]2C. The van der Waals surface area contributed by atoms with Gasteiger partial charge < -0.3 is 0 Å². The molecule has 0 aromatic rings. The molecule has 2 rings (SSSR count). The van der Waals surface area contributed by atoms with E-state index < -0.39 is 0 Å². The molecule has 19 heavy (non-hydrogen) atoms. The van der Waals surface area contributed by atoms with Gasteiger partial charge in [-0.1, -0.05) is 26.8 Å². The maximum Gasteiger partial charge on any atom is 0.132 e. The Balaban J connectivity index is 2.29. The number of carbonyl (C=O) groups is 1. The number of Topliss-reactive ketones (excluding diaryl/α,β-unsaturated/α-hetero) is 1. The lowest BCUT2D eigenvalue weighted by Gasteiger charge is -2.49. The average Bonchev–Trinajstić information content (AvgIpc) is 2.38. The van der Waals surface area contributed by atoms with Crippen LogP contribution in [0.15, 0.2) is 12.2 Å². The molecule has 2 aliphatic carbocycles. The van der Waals surface area contributed by atoms with Crippen LogP contribution in [0.2, 0.25) is 0 Å². The first kappa shape index (κ1) is 14.7. The molecule has 0 heterocycles. The van der Waals surface area contributed by atoms with Crippen molar-refractivity contribution >= 4 is 5.78 Å². The molecule has 3 heteroatoms. The number of hydrogen-bond donors (Lipinski definition) is 1. The number of fused-ring (bicyclic) bond motifs is 1. The number of ketones is 1. The molecule has 0 aromatic carbocycles. The Kier molecular flexibility index (Phi) is 4.46. The summed E-state index contributed by atoms with van der Waals surface area (Å²) in [6.45, 7) is 10.0. The van der Waals surface area contributed by atoms with Crippen molar-refractivity contribution in [2.75, 3.05) is 0 Å². The molecule has 2 fully saturated rings. The minimum absolute atomic E-state index is 0.0450. The van der Waals surface area contributed by atoms with Gasteiger partial charge in [-0.25, -0.2) is 4.89 Å². The van der Waals surface area contributed by atoms with Crippen molar-refractivity contribution in [1.29, 1.82) is 0 Å². The second-order valence-corrected chi connectivity index (χ2v) is 6.58. The topological polar surface area (TPSA) is 46.5 Å². The van der Waals surface area contributed by atoms with E-state index in [1.54, 1.807) is 6.92 Å². The fourth-order valence-electron chi connectivity index (χ4n) is 4.28. The largest absolute Gasteiger partial charge is 0.300 e. The highest BCUT2D eigenvalue weighted by Crippen LogP contribution is 2.50. The Morgan fingerprint density at radius 3 is 2.68 bits per heavy atom. The van der Waals surface area contributed by atoms with Gasteiger partial charge in [-0.3, -0.25) is 10.1 Å². The highest BCUT2D eigenvalue weighted by molar-refractivity contribution is 5.78. The first-order valence-corrected chi connectivity index (χ1v) is 7.45. The molecule has 0 amide bonds. The summed E-state index contributed by atoms with van der Waals surface area (Å²) in [5.41, 5.74) is 0.985. The third kappa shape index (κ3) is 2.63. The molecule has 2 aliphatic rings. The van der Waals surface area contributed by atoms with Crippen LogP contribution in [0.4, 0.5) is 0 Å². The molecular formula is C16H26O3. The molecule has 1 N–H and O–H groups in total. The summed E-state index contributed by atoms with van der Waals surface area (Å²) < 4.78 is 0. The van der Waals surface area contributed by atoms with Crippen LogP contribution in [0, 0.1) is 29.6 Å². The quantitative estimate of drug-likeness (QED) is 0.481. The average molecular weight is 266 g/mol. The van der Waals surface area contributed by atoms with Crippen molar-refractivity contribution in [3.63, 3.8) is 0 Å². The summed E-state index contributed by atoms with van der Waals surface area (Å²) in [6, 6.07) is 0. The van der Waals surface area contributed by atoms with E-state index in [-0.39, 0.29) is 23.7 Å². The monoisotopic (exact) mass is 266 g/mol. The van der Waals surface area contributed by atoms with Crippen LogP contribution in [0.25, 0.3) is 0 Å². The molecule has 6 atom stereocenters. The smallest absolute Gasteiger partial charge is 0.132 e. The Morgan fingerprint density at radius 1 is 1.42 bits per heavy atom. The number of rotatable bonds is 3. The second kappa shape index (κ2) is 5.76. The lowest BCUT2D eigenvalue weighted by molar-refractivity contribution is -0.295. The molecule has 3 nitrogen and oxygen atoms in total. The Morgan fingerprint density at radius 2 is 2.11 bits per heavy atom. The van der Waals surface area contributed by atoms with Crippen molar-refractivity contribution < 1.29 is 14.9 Å². The maximum absolute atomic E-state index is 11.7. The Hall–Kier alpha value is -0.670. The maximum atomic E-state index is 11.7. The van der Waals surface area contributed by atoms with Crippen LogP contribution >= 0.6 is 0 Å². The molecule has 1 unspecified atom stereocenters. The minimum Gasteiger partial charge on any atom is -0.300 e. The lowest BCUT2D eigenvalue weighted by atomic mass is 9.57. The van der Waals surface area contributed by atoms with E-state index in [9.17, 15) is 10.1 Å². The molecular weight excluding hydrogens is 240 g/mol. The van der Waals surface area contributed by atoms with Gasteiger partial charge in [-0.15, -0.1) is 0 Å². The van der Waals surface area contributed by atoms with Crippen molar-refractivity contribution in [3.8, 4) is 0 Å². The van der Waals surface area contributed by atoms with Gasteiger partial charge in [0.2, 0.25) is 0 Å². The van der Waals surface area contributed by atoms with Crippen molar-refractivity contribution in [2.45, 2.75) is 52.6 Å². The highest BCUT2D eigenvalue weighted by atomic mass is 17.1. The van der Waals surface area contributed by atoms with Gasteiger partial charge in [0, 0.05) is 5.92 Å². The first-order valence-electron chi connectivity index (χ1n) is 7.45. The summed E-state index contributed by atoms with van der Waals surface area (Å²) in [5, 5.41) is 9.28. The molecule has 2 saturated carbocycles. The summed E-state index contributed by atoms with van der Waals surface area (Å²) >= 11 is 0. The molecule has 0 spiro atoms. The summed E-state index contributed by atoms with van der Waals surface area (Å²) in [5.74, 6) is 2.03. The van der Waals surface area contributed by atoms with Crippen LogP contribution in [-0.4, -0.2) is 17.1 Å². The molecule has 0 aliphatic heterocycles. The van der Waals surface area contributed by atoms with E-state index in [2.05, 4.69) is 13.5 Å². The predicted molar refractivity (Wildman–Crippen MR) is 74.6 cm³/mol. The Labute approximate surface area is 116 Å². The van der Waals surface area contributed by atoms with E-state index in [1.807, 2.05) is 6.92 Å². The van der Waals surface area contributed by atoms with E-state index in [1.165, 1.54) is 6.42 Å². The highest BCUT2D eigenvalue weighted by Gasteiger charge is 2.48. The van der Waals surface area contributed by atoms with Gasteiger partial charge in [0.25, 0.3) is 0 Å². The molecule has 0 radical (unpaired) electrons.